The van der Waals surface area contributed by atoms with Crippen LogP contribution in [-0.4, -0.2) is 36.4 Å². The number of nitrogens with one attached hydrogen (secondary N) is 1. The van der Waals surface area contributed by atoms with Crippen LogP contribution in [0, 0.1) is 18.8 Å². The van der Waals surface area contributed by atoms with Crippen LogP contribution in [0.15, 0.2) is 47.5 Å². The Hall–Kier alpha value is -2.04. The lowest BCUT2D eigenvalue weighted by Gasteiger charge is -2.44. The molecule has 2 heterocycles. The first-order chi connectivity index (χ1) is 13.5. The molecule has 2 radical (unpaired) electrons. The maximum absolute atomic E-state index is 6.24. The Morgan fingerprint density at radius 2 is 2.14 bits per heavy atom. The molecule has 146 valence electrons. The SMILES string of the molecule is [CH2]CC(C)([CH]C)C1CN(C2=Nc3cc(Cl)ccc3Oc3ccccc32)CCN1. The topological polar surface area (TPSA) is 36.9 Å². The Morgan fingerprint density at radius 3 is 2.93 bits per heavy atom. The molecule has 2 aromatic rings. The van der Waals surface area contributed by atoms with E-state index in [1.165, 1.54) is 0 Å². The summed E-state index contributed by atoms with van der Waals surface area (Å²) in [6.45, 7) is 11.2. The van der Waals surface area contributed by atoms with E-state index in [1.54, 1.807) is 0 Å². The highest BCUT2D eigenvalue weighted by Crippen LogP contribution is 2.40. The highest BCUT2D eigenvalue weighted by molar-refractivity contribution is 6.31. The number of hydrogen-bond acceptors (Lipinski definition) is 4. The van der Waals surface area contributed by atoms with Gasteiger partial charge in [-0.1, -0.05) is 44.5 Å². The third-order valence-corrected chi connectivity index (χ3v) is 6.20. The van der Waals surface area contributed by atoms with Gasteiger partial charge >= 0.3 is 0 Å². The zero-order valence-electron chi connectivity index (χ0n) is 16.4. The minimum absolute atomic E-state index is 0.0290. The second-order valence-corrected chi connectivity index (χ2v) is 8.08. The van der Waals surface area contributed by atoms with Crippen molar-refractivity contribution in [3.05, 3.63) is 66.4 Å². The first kappa shape index (κ1) is 19.3. The summed E-state index contributed by atoms with van der Waals surface area (Å²) >= 11 is 6.24. The molecule has 1 saturated heterocycles. The van der Waals surface area contributed by atoms with Crippen molar-refractivity contribution in [2.45, 2.75) is 26.3 Å². The quantitative estimate of drug-likeness (QED) is 0.770. The molecule has 0 aliphatic carbocycles. The highest BCUT2D eigenvalue weighted by atomic mass is 35.5. The number of nitrogens with zero attached hydrogens (tertiary/aromatic N) is 2. The van der Waals surface area contributed by atoms with Gasteiger partial charge in [-0.2, -0.15) is 0 Å². The predicted molar refractivity (Wildman–Crippen MR) is 116 cm³/mol. The molecule has 0 saturated carbocycles. The number of aliphatic imine (C=N–C) groups is 1. The van der Waals surface area contributed by atoms with Crippen LogP contribution in [0.25, 0.3) is 0 Å². The molecule has 0 bridgehead atoms. The zero-order valence-corrected chi connectivity index (χ0v) is 17.2. The number of hydrogen-bond donors (Lipinski definition) is 1. The Balaban J connectivity index is 1.76. The second kappa shape index (κ2) is 7.76. The molecule has 1 N–H and O–H groups in total. The van der Waals surface area contributed by atoms with Crippen molar-refractivity contribution in [3.8, 4) is 11.5 Å². The van der Waals surface area contributed by atoms with Crippen LogP contribution in [0.4, 0.5) is 5.69 Å². The molecule has 4 rings (SSSR count). The first-order valence-corrected chi connectivity index (χ1v) is 10.2. The van der Waals surface area contributed by atoms with Crippen LogP contribution in [0.5, 0.6) is 11.5 Å². The summed E-state index contributed by atoms with van der Waals surface area (Å²) in [4.78, 5) is 7.37. The predicted octanol–water partition coefficient (Wildman–Crippen LogP) is 5.25. The van der Waals surface area contributed by atoms with E-state index in [4.69, 9.17) is 21.3 Å². The van der Waals surface area contributed by atoms with Crippen LogP contribution >= 0.6 is 11.6 Å². The molecule has 2 aromatic carbocycles. The van der Waals surface area contributed by atoms with Gasteiger partial charge in [0.25, 0.3) is 0 Å². The fourth-order valence-electron chi connectivity index (χ4n) is 3.84. The molecule has 2 unspecified atom stereocenters. The highest BCUT2D eigenvalue weighted by Gasteiger charge is 2.36. The summed E-state index contributed by atoms with van der Waals surface area (Å²) in [5.74, 6) is 2.48. The average molecular weight is 396 g/mol. The van der Waals surface area contributed by atoms with Crippen molar-refractivity contribution < 1.29 is 4.74 Å². The van der Waals surface area contributed by atoms with Crippen molar-refractivity contribution in [3.63, 3.8) is 0 Å². The molecule has 2 aliphatic heterocycles. The standard InChI is InChI=1S/C23H26ClN3O/c1-4-23(3,5-2)21-15-27(13-12-25-21)22-17-8-6-7-9-19(17)28-20-11-10-16(24)14-18(20)26-22/h5-11,14,21,25H,1,4,12-13,15H2,2-3H3. The molecular weight excluding hydrogens is 370 g/mol. The Morgan fingerprint density at radius 1 is 1.32 bits per heavy atom. The fourth-order valence-corrected chi connectivity index (χ4v) is 4.01. The van der Waals surface area contributed by atoms with E-state index < -0.39 is 0 Å². The third-order valence-electron chi connectivity index (χ3n) is 5.96. The van der Waals surface area contributed by atoms with E-state index >= 15 is 0 Å². The summed E-state index contributed by atoms with van der Waals surface area (Å²) < 4.78 is 6.18. The van der Waals surface area contributed by atoms with Gasteiger partial charge in [-0.15, -0.1) is 0 Å². The van der Waals surface area contributed by atoms with Crippen molar-refractivity contribution >= 4 is 23.1 Å². The normalized spacial score (nSPS) is 19.2. The third kappa shape index (κ3) is 3.51. The largest absolute Gasteiger partial charge is 0.454 e. The van der Waals surface area contributed by atoms with Gasteiger partial charge in [0, 0.05) is 30.7 Å². The minimum Gasteiger partial charge on any atom is -0.454 e. The molecular formula is C23H26ClN3O. The van der Waals surface area contributed by atoms with Crippen molar-refractivity contribution in [2.24, 2.45) is 10.4 Å². The van der Waals surface area contributed by atoms with E-state index in [2.05, 4.69) is 43.5 Å². The minimum atomic E-state index is 0.0290. The summed E-state index contributed by atoms with van der Waals surface area (Å²) in [6, 6.07) is 14.0. The van der Waals surface area contributed by atoms with Crippen LogP contribution < -0.4 is 10.1 Å². The fraction of sp³-hybridized carbons (Fsp3) is 0.348. The lowest BCUT2D eigenvalue weighted by atomic mass is 9.76. The van der Waals surface area contributed by atoms with Crippen LogP contribution in [0.3, 0.4) is 0 Å². The average Bonchev–Trinajstić information content (AvgIpc) is 2.89. The summed E-state index contributed by atoms with van der Waals surface area (Å²) in [7, 11) is 0. The molecule has 0 amide bonds. The van der Waals surface area contributed by atoms with E-state index in [0.29, 0.717) is 11.1 Å². The van der Waals surface area contributed by atoms with Gasteiger partial charge in [-0.25, -0.2) is 4.99 Å². The molecule has 0 aromatic heterocycles. The van der Waals surface area contributed by atoms with E-state index in [9.17, 15) is 0 Å². The van der Waals surface area contributed by atoms with Gasteiger partial charge < -0.3 is 15.0 Å². The van der Waals surface area contributed by atoms with Crippen LogP contribution in [0.2, 0.25) is 5.02 Å². The smallest absolute Gasteiger partial charge is 0.153 e. The molecule has 28 heavy (non-hydrogen) atoms. The summed E-state index contributed by atoms with van der Waals surface area (Å²) in [6.07, 6.45) is 3.11. The van der Waals surface area contributed by atoms with Gasteiger partial charge in [-0.3, -0.25) is 0 Å². The maximum atomic E-state index is 6.24. The summed E-state index contributed by atoms with van der Waals surface area (Å²) in [5.41, 5.74) is 1.80. The molecule has 0 spiro atoms. The maximum Gasteiger partial charge on any atom is 0.153 e. The number of ether oxygens (including phenoxy) is 1. The number of amidine groups is 1. The summed E-state index contributed by atoms with van der Waals surface area (Å²) in [5, 5.41) is 4.33. The second-order valence-electron chi connectivity index (χ2n) is 7.64. The number of fused-ring (bicyclic) bond motifs is 2. The number of piperazine rings is 1. The number of halogens is 1. The number of benzene rings is 2. The van der Waals surface area contributed by atoms with Gasteiger partial charge in [0.05, 0.1) is 5.56 Å². The van der Waals surface area contributed by atoms with Crippen LogP contribution in [-0.2, 0) is 0 Å². The lowest BCUT2D eigenvalue weighted by molar-refractivity contribution is 0.180. The van der Waals surface area contributed by atoms with Crippen molar-refractivity contribution in [1.82, 2.24) is 10.2 Å². The van der Waals surface area contributed by atoms with Crippen molar-refractivity contribution in [2.75, 3.05) is 19.6 Å². The molecule has 2 atom stereocenters. The molecule has 2 aliphatic rings. The first-order valence-electron chi connectivity index (χ1n) is 9.77. The van der Waals surface area contributed by atoms with Gasteiger partial charge in [-0.05, 0) is 48.6 Å². The van der Waals surface area contributed by atoms with Gasteiger partial charge in [0.2, 0.25) is 0 Å². The van der Waals surface area contributed by atoms with E-state index in [1.807, 2.05) is 36.4 Å². The number of para-hydroxylation sites is 1. The Bertz CT molecular complexity index is 891. The monoisotopic (exact) mass is 395 g/mol. The Labute approximate surface area is 172 Å². The van der Waals surface area contributed by atoms with Crippen molar-refractivity contribution in [1.29, 1.82) is 0 Å². The van der Waals surface area contributed by atoms with Crippen LogP contribution in [0.1, 0.15) is 25.8 Å². The molecule has 5 heteroatoms. The zero-order chi connectivity index (χ0) is 19.7. The number of rotatable bonds is 3. The van der Waals surface area contributed by atoms with Gasteiger partial charge in [0.15, 0.2) is 5.75 Å². The molecule has 1 fully saturated rings. The van der Waals surface area contributed by atoms with E-state index in [-0.39, 0.29) is 5.41 Å². The van der Waals surface area contributed by atoms with E-state index in [0.717, 1.165) is 54.6 Å². The molecule has 4 nitrogen and oxygen atoms in total. The Kier molecular flexibility index (Phi) is 5.35. The lowest BCUT2D eigenvalue weighted by Crippen LogP contribution is -2.58. The van der Waals surface area contributed by atoms with Gasteiger partial charge in [0.1, 0.15) is 17.3 Å².